The lowest BCUT2D eigenvalue weighted by Gasteiger charge is -2.17. The van der Waals surface area contributed by atoms with E-state index >= 15 is 0 Å². The number of nitrogens with zero attached hydrogens (tertiary/aromatic N) is 1. The molecule has 2 atom stereocenters. The molecule has 4 aromatic rings. The maximum Gasteiger partial charge on any atom is 0.304 e. The van der Waals surface area contributed by atoms with E-state index in [0.717, 1.165) is 22.0 Å². The zero-order valence-electron chi connectivity index (χ0n) is 18.7. The van der Waals surface area contributed by atoms with E-state index in [0.29, 0.717) is 48.0 Å². The van der Waals surface area contributed by atoms with Crippen LogP contribution in [0.1, 0.15) is 41.6 Å². The first-order valence-corrected chi connectivity index (χ1v) is 11.5. The fourth-order valence-electron chi connectivity index (χ4n) is 5.01. The van der Waals surface area contributed by atoms with Gasteiger partial charge in [-0.3, -0.25) is 9.78 Å². The topological polar surface area (TPSA) is 77.9 Å². The Morgan fingerprint density at radius 1 is 1.11 bits per heavy atom. The van der Waals surface area contributed by atoms with Crippen LogP contribution in [0.25, 0.3) is 10.9 Å². The number of carbonyl (C=O) groups is 1. The number of rotatable bonds is 6. The molecular weight excluding hydrogens is 449 g/mol. The largest absolute Gasteiger partial charge is 0.492 e. The molecule has 6 nitrogen and oxygen atoms in total. The Kier molecular flexibility index (Phi) is 5.25. The summed E-state index contributed by atoms with van der Waals surface area (Å²) in [6.07, 6.45) is 2.50. The van der Waals surface area contributed by atoms with Crippen LogP contribution in [0.4, 0.5) is 4.39 Å². The van der Waals surface area contributed by atoms with E-state index in [9.17, 15) is 9.18 Å². The van der Waals surface area contributed by atoms with Crippen molar-refractivity contribution in [1.82, 2.24) is 4.98 Å². The average molecular weight is 471 g/mol. The Labute approximate surface area is 200 Å². The highest BCUT2D eigenvalue weighted by Crippen LogP contribution is 2.44. The van der Waals surface area contributed by atoms with Crippen molar-refractivity contribution in [1.29, 1.82) is 0 Å². The molecule has 1 N–H and O–H groups in total. The summed E-state index contributed by atoms with van der Waals surface area (Å²) in [6, 6.07) is 18.0. The Bertz CT molecular complexity index is 1450. The van der Waals surface area contributed by atoms with Crippen molar-refractivity contribution in [3.8, 4) is 23.0 Å². The van der Waals surface area contributed by atoms with Gasteiger partial charge in [0.2, 0.25) is 0 Å². The lowest BCUT2D eigenvalue weighted by molar-refractivity contribution is -0.137. The molecule has 0 bridgehead atoms. The fraction of sp³-hybridized carbons (Fsp3) is 0.214. The van der Waals surface area contributed by atoms with Crippen LogP contribution in [-0.4, -0.2) is 22.7 Å². The number of halogens is 1. The molecule has 7 heteroatoms. The third-order valence-electron chi connectivity index (χ3n) is 6.62. The standard InChI is InChI=1S/C28H22FNO5/c29-21-9-11-22(35-24-5-1-3-16-4-2-12-30-28(16)24)20-8-10-23(27(20)21)34-18-6-7-19-17(13-26(31)32)15-33-25(19)14-18/h1-7,9,11-12,14,17,23H,8,10,13,15H2,(H,31,32). The lowest BCUT2D eigenvalue weighted by Crippen LogP contribution is -2.07. The molecule has 0 amide bonds. The minimum Gasteiger partial charge on any atom is -0.492 e. The molecule has 2 unspecified atom stereocenters. The molecule has 0 radical (unpaired) electrons. The van der Waals surface area contributed by atoms with Crippen LogP contribution in [0, 0.1) is 5.82 Å². The third-order valence-corrected chi connectivity index (χ3v) is 6.62. The normalized spacial score (nSPS) is 18.1. The van der Waals surface area contributed by atoms with Gasteiger partial charge in [-0.05, 0) is 43.2 Å². The summed E-state index contributed by atoms with van der Waals surface area (Å²) >= 11 is 0. The summed E-state index contributed by atoms with van der Waals surface area (Å²) in [5.74, 6) is 1.03. The van der Waals surface area contributed by atoms with Gasteiger partial charge < -0.3 is 19.3 Å². The summed E-state index contributed by atoms with van der Waals surface area (Å²) in [6.45, 7) is 0.329. The Morgan fingerprint density at radius 3 is 2.89 bits per heavy atom. The number of carboxylic acid groups (broad SMARTS) is 1. The first kappa shape index (κ1) is 21.4. The van der Waals surface area contributed by atoms with E-state index in [1.165, 1.54) is 6.07 Å². The van der Waals surface area contributed by atoms with Gasteiger partial charge in [0.15, 0.2) is 5.75 Å². The second-order valence-electron chi connectivity index (χ2n) is 8.82. The Morgan fingerprint density at radius 2 is 2.00 bits per heavy atom. The predicted octanol–water partition coefficient (Wildman–Crippen LogP) is 6.18. The van der Waals surface area contributed by atoms with Crippen LogP contribution in [0.5, 0.6) is 23.0 Å². The minimum absolute atomic E-state index is 0.0173. The molecule has 0 saturated carbocycles. The zero-order valence-corrected chi connectivity index (χ0v) is 18.7. The Balaban J connectivity index is 1.27. The maximum absolute atomic E-state index is 15.0. The number of carboxylic acids is 1. The van der Waals surface area contributed by atoms with Crippen LogP contribution < -0.4 is 14.2 Å². The number of aromatic nitrogens is 1. The average Bonchev–Trinajstić information content (AvgIpc) is 3.45. The van der Waals surface area contributed by atoms with E-state index in [1.54, 1.807) is 24.4 Å². The van der Waals surface area contributed by atoms with Gasteiger partial charge in [0.25, 0.3) is 0 Å². The van der Waals surface area contributed by atoms with Gasteiger partial charge in [-0.2, -0.15) is 0 Å². The summed E-state index contributed by atoms with van der Waals surface area (Å²) in [7, 11) is 0. The van der Waals surface area contributed by atoms with Gasteiger partial charge in [0, 0.05) is 40.3 Å². The van der Waals surface area contributed by atoms with Gasteiger partial charge in [-0.15, -0.1) is 0 Å². The van der Waals surface area contributed by atoms with Gasteiger partial charge in [-0.1, -0.05) is 24.3 Å². The van der Waals surface area contributed by atoms with Gasteiger partial charge >= 0.3 is 5.97 Å². The zero-order chi connectivity index (χ0) is 23.9. The molecule has 3 aromatic carbocycles. The van der Waals surface area contributed by atoms with Gasteiger partial charge in [0.1, 0.15) is 34.7 Å². The quantitative estimate of drug-likeness (QED) is 0.362. The Hall–Kier alpha value is -4.13. The molecule has 2 heterocycles. The summed E-state index contributed by atoms with van der Waals surface area (Å²) < 4.78 is 33.1. The highest BCUT2D eigenvalue weighted by atomic mass is 19.1. The molecule has 0 spiro atoms. The number of aliphatic carboxylic acids is 1. The van der Waals surface area contributed by atoms with Crippen molar-refractivity contribution in [3.05, 3.63) is 89.4 Å². The number of pyridine rings is 1. The first-order chi connectivity index (χ1) is 17.1. The molecular formula is C28H22FNO5. The molecule has 0 fully saturated rings. The van der Waals surface area contributed by atoms with E-state index in [4.69, 9.17) is 19.3 Å². The number of hydrogen-bond donors (Lipinski definition) is 1. The highest BCUT2D eigenvalue weighted by molar-refractivity contribution is 5.84. The van der Waals surface area contributed by atoms with E-state index in [-0.39, 0.29) is 18.2 Å². The van der Waals surface area contributed by atoms with Crippen molar-refractivity contribution < 1.29 is 28.5 Å². The van der Waals surface area contributed by atoms with Crippen molar-refractivity contribution in [2.24, 2.45) is 0 Å². The molecule has 0 saturated heterocycles. The van der Waals surface area contributed by atoms with Crippen LogP contribution in [-0.2, 0) is 11.2 Å². The molecule has 6 rings (SSSR count). The third kappa shape index (κ3) is 3.93. The maximum atomic E-state index is 15.0. The second-order valence-corrected chi connectivity index (χ2v) is 8.82. The van der Waals surface area contributed by atoms with E-state index in [1.807, 2.05) is 36.4 Å². The number of para-hydroxylation sites is 1. The van der Waals surface area contributed by atoms with Crippen LogP contribution in [0.2, 0.25) is 0 Å². The van der Waals surface area contributed by atoms with Crippen LogP contribution >= 0.6 is 0 Å². The van der Waals surface area contributed by atoms with Crippen molar-refractivity contribution in [2.45, 2.75) is 31.3 Å². The molecule has 1 aliphatic heterocycles. The van der Waals surface area contributed by atoms with E-state index < -0.39 is 12.1 Å². The number of hydrogen-bond acceptors (Lipinski definition) is 5. The number of benzene rings is 3. The summed E-state index contributed by atoms with van der Waals surface area (Å²) in [4.78, 5) is 15.5. The van der Waals surface area contributed by atoms with Gasteiger partial charge in [0.05, 0.1) is 13.0 Å². The molecule has 1 aliphatic carbocycles. The fourth-order valence-corrected chi connectivity index (χ4v) is 5.01. The molecule has 35 heavy (non-hydrogen) atoms. The van der Waals surface area contributed by atoms with Crippen molar-refractivity contribution in [3.63, 3.8) is 0 Å². The molecule has 2 aliphatic rings. The second kappa shape index (κ2) is 8.58. The SMILES string of the molecule is O=C(O)CC1COc2cc(OC3CCc4c(Oc5cccc6cccnc56)ccc(F)c43)ccc21. The number of fused-ring (bicyclic) bond motifs is 3. The first-order valence-electron chi connectivity index (χ1n) is 11.5. The number of ether oxygens (including phenoxy) is 3. The predicted molar refractivity (Wildman–Crippen MR) is 127 cm³/mol. The smallest absolute Gasteiger partial charge is 0.304 e. The summed E-state index contributed by atoms with van der Waals surface area (Å²) in [5.41, 5.74) is 2.90. The lowest BCUT2D eigenvalue weighted by atomic mass is 9.98. The van der Waals surface area contributed by atoms with Crippen LogP contribution in [0.3, 0.4) is 0 Å². The minimum atomic E-state index is -0.859. The van der Waals surface area contributed by atoms with Crippen LogP contribution in [0.15, 0.2) is 66.9 Å². The highest BCUT2D eigenvalue weighted by Gasteiger charge is 2.32. The summed E-state index contributed by atoms with van der Waals surface area (Å²) in [5, 5.41) is 10.1. The molecule has 1 aromatic heterocycles. The van der Waals surface area contributed by atoms with E-state index in [2.05, 4.69) is 4.98 Å². The monoisotopic (exact) mass is 471 g/mol. The van der Waals surface area contributed by atoms with Crippen molar-refractivity contribution >= 4 is 16.9 Å². The van der Waals surface area contributed by atoms with Gasteiger partial charge in [-0.25, -0.2) is 4.39 Å². The molecule has 176 valence electrons. The van der Waals surface area contributed by atoms with Crippen molar-refractivity contribution in [2.75, 3.05) is 6.61 Å².